The number of nitrogens with zero attached hydrogens (tertiary/aromatic N) is 1. The summed E-state index contributed by atoms with van der Waals surface area (Å²) in [6.07, 6.45) is 5.52. The van der Waals surface area contributed by atoms with Crippen molar-refractivity contribution in [3.05, 3.63) is 35.9 Å². The summed E-state index contributed by atoms with van der Waals surface area (Å²) in [5.41, 5.74) is 0.933. The van der Waals surface area contributed by atoms with Gasteiger partial charge in [0.05, 0.1) is 5.41 Å². The maximum absolute atomic E-state index is 12.2. The Morgan fingerprint density at radius 3 is 2.36 bits per heavy atom. The first-order valence-electron chi connectivity index (χ1n) is 9.19. The van der Waals surface area contributed by atoms with Crippen LogP contribution in [0.1, 0.15) is 44.1 Å². The van der Waals surface area contributed by atoms with Gasteiger partial charge in [0.15, 0.2) is 0 Å². The van der Waals surface area contributed by atoms with E-state index in [2.05, 4.69) is 0 Å². The first-order valence-corrected chi connectivity index (χ1v) is 9.19. The lowest BCUT2D eigenvalue weighted by atomic mass is 9.33. The number of carboxylic acid groups (broad SMARTS) is 1. The Bertz CT molecular complexity index is 644. The van der Waals surface area contributed by atoms with E-state index < -0.39 is 5.97 Å². The highest BCUT2D eigenvalue weighted by atomic mass is 16.6. The molecule has 1 N–H and O–H groups in total. The molecule has 1 heterocycles. The van der Waals surface area contributed by atoms with Gasteiger partial charge in [0, 0.05) is 13.1 Å². The number of rotatable bonds is 5. The summed E-state index contributed by atoms with van der Waals surface area (Å²) < 4.78 is 5.41. The summed E-state index contributed by atoms with van der Waals surface area (Å²) in [5.74, 6) is 0.00984. The smallest absolute Gasteiger partial charge is 0.410 e. The van der Waals surface area contributed by atoms with Gasteiger partial charge in [-0.1, -0.05) is 30.3 Å². The second-order valence-corrected chi connectivity index (χ2v) is 8.29. The summed E-state index contributed by atoms with van der Waals surface area (Å²) in [7, 11) is 0. The van der Waals surface area contributed by atoms with E-state index in [0.29, 0.717) is 17.9 Å². The van der Waals surface area contributed by atoms with Gasteiger partial charge in [0.2, 0.25) is 0 Å². The molecule has 4 aliphatic rings. The van der Waals surface area contributed by atoms with Gasteiger partial charge in [0.25, 0.3) is 0 Å². The number of piperidine rings is 1. The SMILES string of the molecule is O=C(OCc1ccccc1)N1CCC(CC23CC(C(=O)O)(C2)C3)CC1. The molecule has 1 amide bonds. The number of ether oxygens (including phenoxy) is 1. The monoisotopic (exact) mass is 343 g/mol. The van der Waals surface area contributed by atoms with Crippen molar-refractivity contribution in [1.29, 1.82) is 0 Å². The molecule has 0 atom stereocenters. The van der Waals surface area contributed by atoms with E-state index in [1.54, 1.807) is 4.90 Å². The van der Waals surface area contributed by atoms with E-state index in [1.807, 2.05) is 30.3 Å². The van der Waals surface area contributed by atoms with Crippen molar-refractivity contribution in [2.24, 2.45) is 16.7 Å². The largest absolute Gasteiger partial charge is 0.481 e. The van der Waals surface area contributed by atoms with E-state index >= 15 is 0 Å². The van der Waals surface area contributed by atoms with Crippen LogP contribution >= 0.6 is 0 Å². The zero-order valence-corrected chi connectivity index (χ0v) is 14.4. The number of amides is 1. The number of benzene rings is 1. The summed E-state index contributed by atoms with van der Waals surface area (Å²) in [6.45, 7) is 1.82. The number of carboxylic acids is 1. The second kappa shape index (κ2) is 6.04. The van der Waals surface area contributed by atoms with Gasteiger partial charge in [-0.05, 0) is 55.4 Å². The maximum Gasteiger partial charge on any atom is 0.410 e. The van der Waals surface area contributed by atoms with Crippen molar-refractivity contribution in [3.8, 4) is 0 Å². The topological polar surface area (TPSA) is 66.8 Å². The molecule has 0 unspecified atom stereocenters. The number of likely N-dealkylation sites (tertiary alicyclic amines) is 1. The average Bonchev–Trinajstić information content (AvgIpc) is 2.55. The molecule has 3 aliphatic carbocycles. The van der Waals surface area contributed by atoms with E-state index in [0.717, 1.165) is 57.2 Å². The van der Waals surface area contributed by atoms with Crippen LogP contribution in [0.5, 0.6) is 0 Å². The zero-order valence-electron chi connectivity index (χ0n) is 14.4. The van der Waals surface area contributed by atoms with E-state index in [-0.39, 0.29) is 11.5 Å². The summed E-state index contributed by atoms with van der Waals surface area (Å²) in [6, 6.07) is 9.72. The van der Waals surface area contributed by atoms with Gasteiger partial charge in [-0.25, -0.2) is 4.79 Å². The Kier molecular flexibility index (Phi) is 3.97. The van der Waals surface area contributed by atoms with Crippen LogP contribution in [0.15, 0.2) is 30.3 Å². The number of hydrogen-bond acceptors (Lipinski definition) is 3. The molecular formula is C20H25NO4. The fourth-order valence-electron chi connectivity index (χ4n) is 5.18. The van der Waals surface area contributed by atoms with Crippen LogP contribution < -0.4 is 0 Å². The lowest BCUT2D eigenvalue weighted by molar-refractivity contribution is -0.229. The first-order chi connectivity index (χ1) is 12.0. The van der Waals surface area contributed by atoms with Gasteiger partial charge < -0.3 is 14.7 Å². The minimum absolute atomic E-state index is 0.224. The number of aliphatic carboxylic acids is 1. The maximum atomic E-state index is 12.2. The second-order valence-electron chi connectivity index (χ2n) is 8.29. The molecule has 1 aromatic carbocycles. The molecule has 1 aliphatic heterocycles. The van der Waals surface area contributed by atoms with Crippen molar-refractivity contribution >= 4 is 12.1 Å². The number of carbonyl (C=O) groups is 2. The van der Waals surface area contributed by atoms with Gasteiger partial charge in [-0.2, -0.15) is 0 Å². The van der Waals surface area contributed by atoms with Crippen molar-refractivity contribution in [2.75, 3.05) is 13.1 Å². The molecule has 134 valence electrons. The quantitative estimate of drug-likeness (QED) is 0.885. The van der Waals surface area contributed by atoms with Crippen molar-refractivity contribution in [1.82, 2.24) is 4.90 Å². The molecule has 3 saturated carbocycles. The van der Waals surface area contributed by atoms with E-state index in [1.165, 1.54) is 0 Å². The lowest BCUT2D eigenvalue weighted by Crippen LogP contribution is -2.65. The molecule has 2 bridgehead atoms. The van der Waals surface area contributed by atoms with E-state index in [9.17, 15) is 14.7 Å². The van der Waals surface area contributed by atoms with Crippen LogP contribution in [0.4, 0.5) is 4.79 Å². The Labute approximate surface area is 148 Å². The normalized spacial score (nSPS) is 31.0. The number of hydrogen-bond donors (Lipinski definition) is 1. The van der Waals surface area contributed by atoms with Crippen LogP contribution in [-0.4, -0.2) is 35.2 Å². The van der Waals surface area contributed by atoms with Crippen LogP contribution in [0.3, 0.4) is 0 Å². The third kappa shape index (κ3) is 3.00. The predicted molar refractivity (Wildman–Crippen MR) is 91.9 cm³/mol. The molecular weight excluding hydrogens is 318 g/mol. The Morgan fingerprint density at radius 1 is 1.12 bits per heavy atom. The predicted octanol–water partition coefficient (Wildman–Crippen LogP) is 3.68. The molecule has 5 nitrogen and oxygen atoms in total. The average molecular weight is 343 g/mol. The third-order valence-electron chi connectivity index (χ3n) is 6.39. The molecule has 0 spiro atoms. The Hall–Kier alpha value is -2.04. The Balaban J connectivity index is 1.19. The third-order valence-corrected chi connectivity index (χ3v) is 6.39. The van der Waals surface area contributed by atoms with Crippen molar-refractivity contribution < 1.29 is 19.4 Å². The Morgan fingerprint density at radius 2 is 1.76 bits per heavy atom. The van der Waals surface area contributed by atoms with Gasteiger partial charge >= 0.3 is 12.1 Å². The van der Waals surface area contributed by atoms with Crippen LogP contribution in [-0.2, 0) is 16.1 Å². The lowest BCUT2D eigenvalue weighted by Gasteiger charge is -2.69. The van der Waals surface area contributed by atoms with Gasteiger partial charge in [-0.3, -0.25) is 4.79 Å². The highest BCUT2D eigenvalue weighted by molar-refractivity contribution is 5.79. The highest BCUT2D eigenvalue weighted by Crippen LogP contribution is 2.75. The summed E-state index contributed by atoms with van der Waals surface area (Å²) in [5, 5.41) is 9.22. The standard InChI is InChI=1S/C20H25NO4/c22-17(23)20-12-19(13-20,14-20)10-15-6-8-21(9-7-15)18(24)25-11-16-4-2-1-3-5-16/h1-5,15H,6-14H2,(H,22,23). The molecule has 5 rings (SSSR count). The van der Waals surface area contributed by atoms with Gasteiger partial charge in [0.1, 0.15) is 6.61 Å². The minimum Gasteiger partial charge on any atom is -0.481 e. The molecule has 5 heteroatoms. The molecule has 4 fully saturated rings. The van der Waals surface area contributed by atoms with Crippen LogP contribution in [0.2, 0.25) is 0 Å². The van der Waals surface area contributed by atoms with Crippen molar-refractivity contribution in [2.45, 2.75) is 45.1 Å². The fourth-order valence-corrected chi connectivity index (χ4v) is 5.18. The molecule has 0 aromatic heterocycles. The molecule has 25 heavy (non-hydrogen) atoms. The zero-order chi connectivity index (χ0) is 17.5. The highest BCUT2D eigenvalue weighted by Gasteiger charge is 2.71. The van der Waals surface area contributed by atoms with E-state index in [4.69, 9.17) is 4.74 Å². The number of carbonyl (C=O) groups excluding carboxylic acids is 1. The van der Waals surface area contributed by atoms with Crippen LogP contribution in [0, 0.1) is 16.7 Å². The summed E-state index contributed by atoms with van der Waals surface area (Å²) in [4.78, 5) is 25.2. The fraction of sp³-hybridized carbons (Fsp3) is 0.600. The molecule has 0 radical (unpaired) electrons. The first kappa shape index (κ1) is 16.4. The molecule has 1 aromatic rings. The minimum atomic E-state index is -0.606. The molecule has 1 saturated heterocycles. The summed E-state index contributed by atoms with van der Waals surface area (Å²) >= 11 is 0. The van der Waals surface area contributed by atoms with Gasteiger partial charge in [-0.15, -0.1) is 0 Å². The van der Waals surface area contributed by atoms with Crippen molar-refractivity contribution in [3.63, 3.8) is 0 Å². The van der Waals surface area contributed by atoms with Crippen LogP contribution in [0.25, 0.3) is 0 Å².